The highest BCUT2D eigenvalue weighted by atomic mass is 19.4. The van der Waals surface area contributed by atoms with Gasteiger partial charge in [-0.1, -0.05) is 0 Å². The van der Waals surface area contributed by atoms with E-state index in [1.54, 1.807) is 0 Å². The van der Waals surface area contributed by atoms with Gasteiger partial charge in [0.15, 0.2) is 0 Å². The molecule has 3 rings (SSSR count). The van der Waals surface area contributed by atoms with Crippen LogP contribution in [0.25, 0.3) is 0 Å². The second-order valence-electron chi connectivity index (χ2n) is 7.54. The van der Waals surface area contributed by atoms with Gasteiger partial charge in [0, 0.05) is 31.9 Å². The molecular weight excluding hydrogens is 364 g/mol. The maximum atomic E-state index is 13.3. The van der Waals surface area contributed by atoms with Gasteiger partial charge in [0.2, 0.25) is 0 Å². The van der Waals surface area contributed by atoms with E-state index in [9.17, 15) is 27.8 Å². The molecule has 0 unspecified atom stereocenters. The lowest BCUT2D eigenvalue weighted by Crippen LogP contribution is -2.57. The Bertz CT molecular complexity index is 603. The van der Waals surface area contributed by atoms with Crippen molar-refractivity contribution < 1.29 is 27.8 Å². The minimum absolute atomic E-state index is 0.340. The topological polar surface area (TPSA) is 46.9 Å². The van der Waals surface area contributed by atoms with Crippen molar-refractivity contribution in [2.45, 2.75) is 43.7 Å². The van der Waals surface area contributed by atoms with Gasteiger partial charge in [-0.25, -0.2) is 4.39 Å². The van der Waals surface area contributed by atoms with Crippen LogP contribution in [0.15, 0.2) is 24.3 Å². The fourth-order valence-corrected chi connectivity index (χ4v) is 4.09. The number of hydrogen-bond donors (Lipinski definition) is 2. The molecule has 0 bridgehead atoms. The summed E-state index contributed by atoms with van der Waals surface area (Å²) < 4.78 is 51.3. The molecule has 2 aliphatic heterocycles. The van der Waals surface area contributed by atoms with Gasteiger partial charge in [0.1, 0.15) is 6.67 Å². The Kier molecular flexibility index (Phi) is 6.28. The van der Waals surface area contributed by atoms with Crippen LogP contribution < -0.4 is 4.90 Å². The lowest BCUT2D eigenvalue weighted by atomic mass is 9.91. The number of anilines is 1. The van der Waals surface area contributed by atoms with E-state index in [1.165, 1.54) is 12.1 Å². The van der Waals surface area contributed by atoms with Gasteiger partial charge in [-0.15, -0.1) is 0 Å². The maximum absolute atomic E-state index is 13.3. The zero-order valence-electron chi connectivity index (χ0n) is 15.1. The Hall–Kier alpha value is -1.38. The minimum Gasteiger partial charge on any atom is -0.390 e. The van der Waals surface area contributed by atoms with E-state index in [2.05, 4.69) is 4.90 Å². The van der Waals surface area contributed by atoms with Crippen LogP contribution in [0.4, 0.5) is 23.2 Å². The molecule has 0 saturated carbocycles. The highest BCUT2D eigenvalue weighted by molar-refractivity contribution is 5.48. The smallest absolute Gasteiger partial charge is 0.390 e. The van der Waals surface area contributed by atoms with Crippen molar-refractivity contribution in [2.24, 2.45) is 5.92 Å². The molecule has 27 heavy (non-hydrogen) atoms. The van der Waals surface area contributed by atoms with Gasteiger partial charge in [-0.3, -0.25) is 4.90 Å². The Labute approximate surface area is 156 Å². The summed E-state index contributed by atoms with van der Waals surface area (Å²) in [6.07, 6.45) is -4.11. The summed E-state index contributed by atoms with van der Waals surface area (Å²) in [7, 11) is 0. The van der Waals surface area contributed by atoms with Gasteiger partial charge in [-0.05, 0) is 49.4 Å². The number of alkyl halides is 4. The fourth-order valence-electron chi connectivity index (χ4n) is 4.09. The van der Waals surface area contributed by atoms with Crippen molar-refractivity contribution in [1.29, 1.82) is 0 Å². The van der Waals surface area contributed by atoms with E-state index in [0.29, 0.717) is 25.4 Å². The van der Waals surface area contributed by atoms with Gasteiger partial charge in [-0.2, -0.15) is 13.2 Å². The number of hydrogen-bond acceptors (Lipinski definition) is 4. The lowest BCUT2D eigenvalue weighted by molar-refractivity contribution is -0.137. The highest BCUT2D eigenvalue weighted by Crippen LogP contribution is 2.32. The Morgan fingerprint density at radius 3 is 2.15 bits per heavy atom. The quantitative estimate of drug-likeness (QED) is 0.777. The molecule has 0 radical (unpaired) electrons. The molecule has 3 atom stereocenters. The molecule has 8 heteroatoms. The first-order valence-corrected chi connectivity index (χ1v) is 9.38. The van der Waals surface area contributed by atoms with E-state index in [0.717, 1.165) is 43.8 Å². The summed E-state index contributed by atoms with van der Waals surface area (Å²) in [5.41, 5.74) is 0.129. The number of benzene rings is 1. The molecule has 4 nitrogen and oxygen atoms in total. The molecule has 0 spiro atoms. The van der Waals surface area contributed by atoms with Crippen molar-refractivity contribution >= 4 is 5.69 Å². The normalized spacial score (nSPS) is 28.5. The fraction of sp³-hybridized carbons (Fsp3) is 0.684. The van der Waals surface area contributed by atoms with Crippen LogP contribution in [-0.4, -0.2) is 66.2 Å². The molecule has 152 valence electrons. The molecule has 0 amide bonds. The lowest BCUT2D eigenvalue weighted by Gasteiger charge is -2.43. The average Bonchev–Trinajstić information content (AvgIpc) is 2.65. The number of aliphatic hydroxyl groups excluding tert-OH is 2. The number of aliphatic hydroxyl groups is 2. The molecule has 2 aliphatic rings. The number of likely N-dealkylation sites (tertiary alicyclic amines) is 1. The van der Waals surface area contributed by atoms with Crippen LogP contribution in [-0.2, 0) is 6.18 Å². The number of rotatable bonds is 4. The Balaban J connectivity index is 1.53. The highest BCUT2D eigenvalue weighted by Gasteiger charge is 2.37. The summed E-state index contributed by atoms with van der Waals surface area (Å²) in [4.78, 5) is 3.99. The first kappa shape index (κ1) is 20.4. The van der Waals surface area contributed by atoms with E-state index in [4.69, 9.17) is 0 Å². The van der Waals surface area contributed by atoms with Gasteiger partial charge in [0.05, 0.1) is 23.8 Å². The zero-order valence-corrected chi connectivity index (χ0v) is 15.1. The van der Waals surface area contributed by atoms with Crippen LogP contribution in [0.2, 0.25) is 0 Å². The molecule has 0 aromatic heterocycles. The predicted octanol–water partition coefficient (Wildman–Crippen LogP) is 2.69. The molecule has 2 fully saturated rings. The van der Waals surface area contributed by atoms with Crippen LogP contribution >= 0.6 is 0 Å². The maximum Gasteiger partial charge on any atom is 0.416 e. The van der Waals surface area contributed by atoms with E-state index < -0.39 is 36.7 Å². The van der Waals surface area contributed by atoms with Crippen LogP contribution in [0.3, 0.4) is 0 Å². The monoisotopic (exact) mass is 390 g/mol. The van der Waals surface area contributed by atoms with Crippen molar-refractivity contribution in [1.82, 2.24) is 4.90 Å². The van der Waals surface area contributed by atoms with Crippen molar-refractivity contribution in [3.63, 3.8) is 0 Å². The third-order valence-electron chi connectivity index (χ3n) is 5.79. The van der Waals surface area contributed by atoms with E-state index >= 15 is 0 Å². The summed E-state index contributed by atoms with van der Waals surface area (Å²) in [6, 6.07) is 4.55. The number of piperidine rings is 2. The van der Waals surface area contributed by atoms with E-state index in [1.807, 2.05) is 4.90 Å². The summed E-state index contributed by atoms with van der Waals surface area (Å²) in [6.45, 7) is 2.00. The third-order valence-corrected chi connectivity index (χ3v) is 5.79. The molecule has 2 heterocycles. The second-order valence-corrected chi connectivity index (χ2v) is 7.54. The number of nitrogens with zero attached hydrogens (tertiary/aromatic N) is 2. The summed E-state index contributed by atoms with van der Waals surface area (Å²) in [5.74, 6) is 0.340. The van der Waals surface area contributed by atoms with Gasteiger partial charge in [0.25, 0.3) is 0 Å². The van der Waals surface area contributed by atoms with Crippen molar-refractivity contribution in [2.75, 3.05) is 37.8 Å². The zero-order chi connectivity index (χ0) is 19.6. The average molecular weight is 390 g/mol. The molecular formula is C19H26F4N2O2. The van der Waals surface area contributed by atoms with Crippen LogP contribution in [0.1, 0.15) is 24.8 Å². The van der Waals surface area contributed by atoms with Crippen LogP contribution in [0, 0.1) is 5.92 Å². The Morgan fingerprint density at radius 1 is 0.963 bits per heavy atom. The predicted molar refractivity (Wildman–Crippen MR) is 94.3 cm³/mol. The van der Waals surface area contributed by atoms with E-state index in [-0.39, 0.29) is 0 Å². The molecule has 0 aliphatic carbocycles. The second kappa shape index (κ2) is 8.32. The molecule has 1 aromatic rings. The minimum atomic E-state index is -4.33. The number of halogens is 4. The molecule has 2 saturated heterocycles. The first-order valence-electron chi connectivity index (χ1n) is 9.38. The van der Waals surface area contributed by atoms with Crippen LogP contribution in [0.5, 0.6) is 0 Å². The molecule has 2 N–H and O–H groups in total. The standard InChI is InChI=1S/C19H26F4N2O2/c20-11-16-18(27)17(26)7-10-25(16)12-13-5-8-24(9-6-13)15-3-1-14(2-4-15)19(21,22)23/h1-4,13,16-18,26-27H,5-12H2/t16-,17-,18-/m1/s1. The van der Waals surface area contributed by atoms with Gasteiger partial charge < -0.3 is 15.1 Å². The largest absolute Gasteiger partial charge is 0.416 e. The summed E-state index contributed by atoms with van der Waals surface area (Å²) in [5, 5.41) is 19.7. The first-order chi connectivity index (χ1) is 12.8. The van der Waals surface area contributed by atoms with Gasteiger partial charge >= 0.3 is 6.18 Å². The molecule has 1 aromatic carbocycles. The summed E-state index contributed by atoms with van der Waals surface area (Å²) >= 11 is 0. The third kappa shape index (κ3) is 4.73. The SMILES string of the molecule is O[C@H]1[C@H](O)CCN(CC2CCN(c3ccc(C(F)(F)F)cc3)CC2)[C@@H]1CF. The van der Waals surface area contributed by atoms with Crippen molar-refractivity contribution in [3.8, 4) is 0 Å². The Morgan fingerprint density at radius 2 is 1.59 bits per heavy atom. The van der Waals surface area contributed by atoms with Crippen molar-refractivity contribution in [3.05, 3.63) is 29.8 Å².